The van der Waals surface area contributed by atoms with Gasteiger partial charge in [-0.05, 0) is 62.3 Å². The van der Waals surface area contributed by atoms with Crippen molar-refractivity contribution in [2.75, 3.05) is 20.2 Å². The molecule has 146 valence electrons. The van der Waals surface area contributed by atoms with Crippen molar-refractivity contribution in [3.05, 3.63) is 58.1 Å². The molecule has 1 fully saturated rings. The standard InChI is InChI=1S/C21H20Cl2N2O3/c1-27-18-12-14(2-7-17(18)23)19(28-16-5-3-15(22)4-6-16)20(26)21(13-24)8-10-25-11-9-21/h2-7,12,19,25H,8-11H2,1H3. The molecule has 0 radical (unpaired) electrons. The van der Waals surface area contributed by atoms with Gasteiger partial charge in [0, 0.05) is 10.6 Å². The van der Waals surface area contributed by atoms with E-state index >= 15 is 0 Å². The van der Waals surface area contributed by atoms with E-state index in [0.29, 0.717) is 53.0 Å². The van der Waals surface area contributed by atoms with Crippen molar-refractivity contribution in [3.8, 4) is 17.6 Å². The van der Waals surface area contributed by atoms with Crippen LogP contribution in [0.4, 0.5) is 0 Å². The van der Waals surface area contributed by atoms with Crippen LogP contribution in [-0.4, -0.2) is 26.0 Å². The number of methoxy groups -OCH3 is 1. The molecule has 5 nitrogen and oxygen atoms in total. The number of piperidine rings is 1. The van der Waals surface area contributed by atoms with Crippen LogP contribution in [0.1, 0.15) is 24.5 Å². The van der Waals surface area contributed by atoms with Gasteiger partial charge < -0.3 is 14.8 Å². The summed E-state index contributed by atoms with van der Waals surface area (Å²) in [5, 5.41) is 14.0. The number of hydrogen-bond donors (Lipinski definition) is 1. The number of ether oxygens (including phenoxy) is 2. The van der Waals surface area contributed by atoms with Gasteiger partial charge in [-0.1, -0.05) is 29.3 Å². The second kappa shape index (κ2) is 8.83. The minimum atomic E-state index is -1.10. The summed E-state index contributed by atoms with van der Waals surface area (Å²) in [5.74, 6) is 0.655. The van der Waals surface area contributed by atoms with Crippen LogP contribution in [0.3, 0.4) is 0 Å². The number of benzene rings is 2. The maximum atomic E-state index is 13.5. The van der Waals surface area contributed by atoms with Crippen molar-refractivity contribution in [2.45, 2.75) is 18.9 Å². The Bertz CT molecular complexity index is 888. The number of ketones is 1. The predicted molar refractivity (Wildman–Crippen MR) is 108 cm³/mol. The van der Waals surface area contributed by atoms with E-state index in [4.69, 9.17) is 32.7 Å². The van der Waals surface area contributed by atoms with Gasteiger partial charge in [-0.2, -0.15) is 5.26 Å². The zero-order valence-corrected chi connectivity index (χ0v) is 16.9. The van der Waals surface area contributed by atoms with Crippen LogP contribution in [-0.2, 0) is 4.79 Å². The fraction of sp³-hybridized carbons (Fsp3) is 0.333. The van der Waals surface area contributed by atoms with Gasteiger partial charge in [0.25, 0.3) is 0 Å². The summed E-state index contributed by atoms with van der Waals surface area (Å²) in [6.07, 6.45) is -0.0914. The van der Waals surface area contributed by atoms with E-state index < -0.39 is 11.5 Å². The lowest BCUT2D eigenvalue weighted by Gasteiger charge is -2.33. The monoisotopic (exact) mass is 418 g/mol. The van der Waals surface area contributed by atoms with E-state index in [-0.39, 0.29) is 5.78 Å². The van der Waals surface area contributed by atoms with Crippen molar-refractivity contribution in [1.29, 1.82) is 5.26 Å². The van der Waals surface area contributed by atoms with Crippen molar-refractivity contribution >= 4 is 29.0 Å². The Morgan fingerprint density at radius 2 is 1.86 bits per heavy atom. The molecule has 1 saturated heterocycles. The van der Waals surface area contributed by atoms with Gasteiger partial charge in [-0.25, -0.2) is 0 Å². The van der Waals surface area contributed by atoms with Crippen LogP contribution in [0.25, 0.3) is 0 Å². The van der Waals surface area contributed by atoms with E-state index in [1.165, 1.54) is 7.11 Å². The Hall–Kier alpha value is -2.26. The fourth-order valence-electron chi connectivity index (χ4n) is 3.28. The first-order valence-corrected chi connectivity index (χ1v) is 9.66. The molecule has 1 atom stereocenters. The molecule has 28 heavy (non-hydrogen) atoms. The minimum Gasteiger partial charge on any atom is -0.495 e. The average molecular weight is 419 g/mol. The lowest BCUT2D eigenvalue weighted by atomic mass is 9.74. The van der Waals surface area contributed by atoms with Crippen molar-refractivity contribution < 1.29 is 14.3 Å². The van der Waals surface area contributed by atoms with Crippen LogP contribution >= 0.6 is 23.2 Å². The van der Waals surface area contributed by atoms with E-state index in [2.05, 4.69) is 11.4 Å². The molecule has 1 heterocycles. The van der Waals surface area contributed by atoms with E-state index in [9.17, 15) is 10.1 Å². The Balaban J connectivity index is 2.02. The van der Waals surface area contributed by atoms with Crippen molar-refractivity contribution in [2.24, 2.45) is 5.41 Å². The zero-order valence-electron chi connectivity index (χ0n) is 15.4. The summed E-state index contributed by atoms with van der Waals surface area (Å²) in [7, 11) is 1.51. The topological polar surface area (TPSA) is 71.3 Å². The second-order valence-corrected chi connectivity index (χ2v) is 7.50. The maximum absolute atomic E-state index is 13.5. The predicted octanol–water partition coefficient (Wildman–Crippen LogP) is 4.58. The first kappa shape index (κ1) is 20.5. The first-order chi connectivity index (χ1) is 13.5. The fourth-order valence-corrected chi connectivity index (χ4v) is 3.60. The Morgan fingerprint density at radius 3 is 2.46 bits per heavy atom. The van der Waals surface area contributed by atoms with E-state index in [1.807, 2.05) is 0 Å². The molecule has 2 aromatic rings. The van der Waals surface area contributed by atoms with Crippen LogP contribution in [0.5, 0.6) is 11.5 Å². The third-order valence-corrected chi connectivity index (χ3v) is 5.49. The number of nitrogens with zero attached hydrogens (tertiary/aromatic N) is 1. The highest BCUT2D eigenvalue weighted by Gasteiger charge is 2.45. The van der Waals surface area contributed by atoms with Gasteiger partial charge in [0.05, 0.1) is 18.2 Å². The molecule has 3 rings (SSSR count). The number of hydrogen-bond acceptors (Lipinski definition) is 5. The van der Waals surface area contributed by atoms with Gasteiger partial charge in [0.1, 0.15) is 16.9 Å². The van der Waals surface area contributed by atoms with Crippen LogP contribution < -0.4 is 14.8 Å². The first-order valence-electron chi connectivity index (χ1n) is 8.91. The number of Topliss-reactive ketones (excluding diaryl/α,β-unsaturated/α-hetero) is 1. The summed E-state index contributed by atoms with van der Waals surface area (Å²) in [6, 6.07) is 14.1. The number of rotatable bonds is 6. The van der Waals surface area contributed by atoms with Gasteiger partial charge in [-0.15, -0.1) is 0 Å². The van der Waals surface area contributed by atoms with Gasteiger partial charge in [-0.3, -0.25) is 4.79 Å². The van der Waals surface area contributed by atoms with Gasteiger partial charge >= 0.3 is 0 Å². The van der Waals surface area contributed by atoms with Crippen LogP contribution in [0.15, 0.2) is 42.5 Å². The molecule has 1 aliphatic rings. The zero-order chi connectivity index (χ0) is 20.1. The highest BCUT2D eigenvalue weighted by Crippen LogP contribution is 2.38. The highest BCUT2D eigenvalue weighted by atomic mass is 35.5. The maximum Gasteiger partial charge on any atom is 0.198 e. The Morgan fingerprint density at radius 1 is 1.18 bits per heavy atom. The molecular weight excluding hydrogens is 399 g/mol. The molecule has 0 aromatic heterocycles. The summed E-state index contributed by atoms with van der Waals surface area (Å²) in [6.45, 7) is 1.22. The molecule has 1 N–H and O–H groups in total. The molecule has 0 saturated carbocycles. The highest BCUT2D eigenvalue weighted by molar-refractivity contribution is 6.32. The van der Waals surface area contributed by atoms with Gasteiger partial charge in [0.2, 0.25) is 0 Å². The number of nitrogens with one attached hydrogen (secondary N) is 1. The lowest BCUT2D eigenvalue weighted by Crippen LogP contribution is -2.44. The van der Waals surface area contributed by atoms with Gasteiger partial charge in [0.15, 0.2) is 11.9 Å². The van der Waals surface area contributed by atoms with Crippen molar-refractivity contribution in [3.63, 3.8) is 0 Å². The van der Waals surface area contributed by atoms with E-state index in [1.54, 1.807) is 42.5 Å². The summed E-state index contributed by atoms with van der Waals surface area (Å²) in [5.41, 5.74) is -0.524. The van der Waals surface area contributed by atoms with Crippen LogP contribution in [0.2, 0.25) is 10.0 Å². The molecule has 1 unspecified atom stereocenters. The molecule has 0 aliphatic carbocycles. The minimum absolute atomic E-state index is 0.268. The second-order valence-electron chi connectivity index (χ2n) is 6.65. The quantitative estimate of drug-likeness (QED) is 0.742. The average Bonchev–Trinajstić information content (AvgIpc) is 2.74. The molecule has 2 aromatic carbocycles. The molecule has 1 aliphatic heterocycles. The Kier molecular flexibility index (Phi) is 6.46. The summed E-state index contributed by atoms with van der Waals surface area (Å²) < 4.78 is 11.3. The smallest absolute Gasteiger partial charge is 0.198 e. The van der Waals surface area contributed by atoms with Crippen molar-refractivity contribution in [1.82, 2.24) is 5.32 Å². The number of carbonyl (C=O) groups excluding carboxylic acids is 1. The number of halogens is 2. The molecule has 7 heteroatoms. The SMILES string of the molecule is COc1cc(C(Oc2ccc(Cl)cc2)C(=O)C2(C#N)CCNCC2)ccc1Cl. The molecule has 0 spiro atoms. The number of nitriles is 1. The Labute approximate surface area is 174 Å². The summed E-state index contributed by atoms with van der Waals surface area (Å²) >= 11 is 12.1. The largest absolute Gasteiger partial charge is 0.495 e. The molecule has 0 bridgehead atoms. The normalized spacial score (nSPS) is 16.6. The lowest BCUT2D eigenvalue weighted by molar-refractivity contribution is -0.134. The summed E-state index contributed by atoms with van der Waals surface area (Å²) in [4.78, 5) is 13.5. The van der Waals surface area contributed by atoms with Crippen LogP contribution in [0, 0.1) is 16.7 Å². The van der Waals surface area contributed by atoms with E-state index in [0.717, 1.165) is 0 Å². The molecular formula is C21H20Cl2N2O3. The third-order valence-electron chi connectivity index (χ3n) is 4.93. The third kappa shape index (κ3) is 4.25. The number of carbonyl (C=O) groups is 1. The molecule has 0 amide bonds.